The number of hydrogen-bond acceptors (Lipinski definition) is 8. The van der Waals surface area contributed by atoms with Gasteiger partial charge in [0.15, 0.2) is 5.44 Å². The maximum absolute atomic E-state index is 13.2. The van der Waals surface area contributed by atoms with Gasteiger partial charge in [-0.25, -0.2) is 4.79 Å². The van der Waals surface area contributed by atoms with Crippen LogP contribution in [0.2, 0.25) is 5.04 Å². The van der Waals surface area contributed by atoms with E-state index in [1.165, 1.54) is 36.2 Å². The van der Waals surface area contributed by atoms with Gasteiger partial charge in [-0.3, -0.25) is 4.79 Å². The molecule has 9 heteroatoms. The number of ether oxygens (including phenoxy) is 4. The van der Waals surface area contributed by atoms with Gasteiger partial charge in [-0.15, -0.1) is 11.8 Å². The summed E-state index contributed by atoms with van der Waals surface area (Å²) < 4.78 is 29.3. The molecular formula is C32H38O7SSi. The van der Waals surface area contributed by atoms with Gasteiger partial charge in [0.25, 0.3) is 8.32 Å². The molecule has 3 aromatic rings. The molecule has 0 radical (unpaired) electrons. The van der Waals surface area contributed by atoms with E-state index in [1.807, 2.05) is 12.1 Å². The first-order valence-electron chi connectivity index (χ1n) is 13.6. The Kier molecular flexibility index (Phi) is 9.83. The molecule has 7 nitrogen and oxygen atoms in total. The third-order valence-corrected chi connectivity index (χ3v) is 13.6. The molecular weight excluding hydrogens is 556 g/mol. The molecule has 4 rings (SSSR count). The van der Waals surface area contributed by atoms with Gasteiger partial charge < -0.3 is 23.4 Å². The highest BCUT2D eigenvalue weighted by atomic mass is 32.2. The van der Waals surface area contributed by atoms with Crippen LogP contribution >= 0.6 is 11.8 Å². The van der Waals surface area contributed by atoms with Crippen molar-refractivity contribution in [2.75, 3.05) is 20.8 Å². The molecule has 3 unspecified atom stereocenters. The third-order valence-electron chi connectivity index (χ3n) is 7.20. The Bertz CT molecular complexity index is 1290. The van der Waals surface area contributed by atoms with Crippen LogP contribution in [0.5, 0.6) is 11.5 Å². The highest BCUT2D eigenvalue weighted by Crippen LogP contribution is 2.41. The second-order valence-electron chi connectivity index (χ2n) is 11.0. The summed E-state index contributed by atoms with van der Waals surface area (Å²) in [5, 5.41) is 2.14. The van der Waals surface area contributed by atoms with Crippen LogP contribution in [0.15, 0.2) is 78.9 Å². The summed E-state index contributed by atoms with van der Waals surface area (Å²) in [5.74, 6) is -0.0799. The zero-order valence-corrected chi connectivity index (χ0v) is 26.2. The molecule has 0 aliphatic carbocycles. The molecule has 3 aromatic carbocycles. The van der Waals surface area contributed by atoms with Crippen molar-refractivity contribution in [3.8, 4) is 11.5 Å². The lowest BCUT2D eigenvalue weighted by Gasteiger charge is -2.43. The number of carbonyl (C=O) groups excluding carboxylic acids is 2. The number of benzene rings is 3. The summed E-state index contributed by atoms with van der Waals surface area (Å²) in [7, 11) is 0.270. The molecule has 218 valence electrons. The van der Waals surface area contributed by atoms with Crippen molar-refractivity contribution in [3.63, 3.8) is 0 Å². The molecule has 0 bridgehead atoms. The number of carbonyl (C=O) groups is 2. The number of hydrogen-bond donors (Lipinski definition) is 0. The van der Waals surface area contributed by atoms with E-state index in [-0.39, 0.29) is 15.9 Å². The van der Waals surface area contributed by atoms with Gasteiger partial charge in [-0.1, -0.05) is 81.4 Å². The van der Waals surface area contributed by atoms with E-state index in [2.05, 4.69) is 69.3 Å². The normalized spacial score (nSPS) is 18.9. The van der Waals surface area contributed by atoms with Gasteiger partial charge in [-0.2, -0.15) is 0 Å². The number of esters is 2. The zero-order valence-electron chi connectivity index (χ0n) is 24.4. The summed E-state index contributed by atoms with van der Waals surface area (Å²) >= 11 is 1.47. The van der Waals surface area contributed by atoms with Crippen molar-refractivity contribution in [2.24, 2.45) is 0 Å². The van der Waals surface area contributed by atoms with Crippen LogP contribution < -0.4 is 19.8 Å². The van der Waals surface area contributed by atoms with Gasteiger partial charge in [-0.05, 0) is 27.5 Å². The standard InChI is InChI=1S/C32H38O7SSi/c1-22(33)38-31-29(39-30(34)27-18-17-23(35-5)19-28(27)36-6)20-24(40-31)21-37-41(32(2,3)4,25-13-9-7-10-14-25)26-15-11-8-12-16-26/h7-19,24,29,31H,20-21H2,1-6H3. The Hall–Kier alpha value is -3.27. The van der Waals surface area contributed by atoms with E-state index in [4.69, 9.17) is 23.4 Å². The Morgan fingerprint density at radius 3 is 2.00 bits per heavy atom. The lowest BCUT2D eigenvalue weighted by molar-refractivity contribution is -0.146. The first-order valence-corrected chi connectivity index (χ1v) is 16.4. The van der Waals surface area contributed by atoms with Crippen LogP contribution in [0.3, 0.4) is 0 Å². The minimum atomic E-state index is -2.76. The van der Waals surface area contributed by atoms with Gasteiger partial charge >= 0.3 is 11.9 Å². The van der Waals surface area contributed by atoms with Crippen molar-refractivity contribution < 1.29 is 33.0 Å². The minimum Gasteiger partial charge on any atom is -0.497 e. The Balaban J connectivity index is 1.59. The van der Waals surface area contributed by atoms with Crippen molar-refractivity contribution in [1.82, 2.24) is 0 Å². The van der Waals surface area contributed by atoms with Gasteiger partial charge in [0.05, 0.1) is 14.2 Å². The zero-order chi connectivity index (χ0) is 29.6. The van der Waals surface area contributed by atoms with Gasteiger partial charge in [0.2, 0.25) is 0 Å². The van der Waals surface area contributed by atoms with E-state index < -0.39 is 31.8 Å². The maximum Gasteiger partial charge on any atom is 0.342 e. The quantitative estimate of drug-likeness (QED) is 0.234. The average molecular weight is 595 g/mol. The van der Waals surface area contributed by atoms with Crippen LogP contribution in [0.25, 0.3) is 0 Å². The molecule has 3 atom stereocenters. The molecule has 0 amide bonds. The Morgan fingerprint density at radius 2 is 1.49 bits per heavy atom. The first-order chi connectivity index (χ1) is 19.6. The van der Waals surface area contributed by atoms with Crippen LogP contribution in [0, 0.1) is 0 Å². The van der Waals surface area contributed by atoms with Crippen LogP contribution in [-0.4, -0.2) is 57.9 Å². The topological polar surface area (TPSA) is 80.3 Å². The lowest BCUT2D eigenvalue weighted by atomic mass is 10.1. The van der Waals surface area contributed by atoms with Crippen LogP contribution in [0.4, 0.5) is 0 Å². The summed E-state index contributed by atoms with van der Waals surface area (Å²) in [5.41, 5.74) is -0.375. The van der Waals surface area contributed by atoms with Crippen molar-refractivity contribution in [1.29, 1.82) is 0 Å². The maximum atomic E-state index is 13.2. The summed E-state index contributed by atoms with van der Waals surface area (Å²) in [6.07, 6.45) is -0.165. The molecule has 0 saturated carbocycles. The molecule has 0 N–H and O–H groups in total. The van der Waals surface area contributed by atoms with E-state index in [0.29, 0.717) is 24.5 Å². The molecule has 1 fully saturated rings. The molecule has 41 heavy (non-hydrogen) atoms. The lowest BCUT2D eigenvalue weighted by Crippen LogP contribution is -2.67. The minimum absolute atomic E-state index is 0.0587. The van der Waals surface area contributed by atoms with Crippen LogP contribution in [-0.2, 0) is 18.7 Å². The average Bonchev–Trinajstić information content (AvgIpc) is 3.33. The molecule has 1 aliphatic rings. The smallest absolute Gasteiger partial charge is 0.342 e. The SMILES string of the molecule is COc1ccc(C(=O)OC2CC(CO[Si](c3ccccc3)(c3ccccc3)C(C)(C)C)SC2OC(C)=O)c(OC)c1. The molecule has 1 saturated heterocycles. The largest absolute Gasteiger partial charge is 0.497 e. The monoisotopic (exact) mass is 594 g/mol. The summed E-state index contributed by atoms with van der Waals surface area (Å²) in [6.45, 7) is 8.47. The highest BCUT2D eigenvalue weighted by Gasteiger charge is 2.51. The van der Waals surface area contributed by atoms with E-state index in [9.17, 15) is 9.59 Å². The third kappa shape index (κ3) is 6.80. The van der Waals surface area contributed by atoms with E-state index in [0.717, 1.165) is 0 Å². The summed E-state index contributed by atoms with van der Waals surface area (Å²) in [6, 6.07) is 25.8. The van der Waals surface area contributed by atoms with Gasteiger partial charge in [0, 0.05) is 31.3 Å². The number of thioether (sulfide) groups is 1. The molecule has 1 heterocycles. The fraction of sp³-hybridized carbons (Fsp3) is 0.375. The predicted octanol–water partition coefficient (Wildman–Crippen LogP) is 5.20. The van der Waals surface area contributed by atoms with Crippen molar-refractivity contribution in [2.45, 2.75) is 55.9 Å². The predicted molar refractivity (Wildman–Crippen MR) is 164 cm³/mol. The molecule has 0 spiro atoms. The first kappa shape index (κ1) is 30.7. The van der Waals surface area contributed by atoms with Crippen LogP contribution in [0.1, 0.15) is 44.5 Å². The van der Waals surface area contributed by atoms with E-state index >= 15 is 0 Å². The second kappa shape index (κ2) is 13.1. The second-order valence-corrected chi connectivity index (χ2v) is 16.7. The summed E-state index contributed by atoms with van der Waals surface area (Å²) in [4.78, 5) is 25.2. The van der Waals surface area contributed by atoms with E-state index in [1.54, 1.807) is 25.3 Å². The van der Waals surface area contributed by atoms with Crippen molar-refractivity contribution >= 4 is 42.4 Å². The Labute approximate surface area is 247 Å². The molecule has 1 aliphatic heterocycles. The highest BCUT2D eigenvalue weighted by molar-refractivity contribution is 8.00. The molecule has 0 aromatic heterocycles. The number of rotatable bonds is 10. The fourth-order valence-electron chi connectivity index (χ4n) is 5.33. The van der Waals surface area contributed by atoms with Gasteiger partial charge in [0.1, 0.15) is 23.2 Å². The fourth-order valence-corrected chi connectivity index (χ4v) is 11.4. The van der Waals surface area contributed by atoms with Crippen molar-refractivity contribution in [3.05, 3.63) is 84.4 Å². The Morgan fingerprint density at radius 1 is 0.878 bits per heavy atom. The number of methoxy groups -OCH3 is 2.